The van der Waals surface area contributed by atoms with E-state index in [0.29, 0.717) is 35.2 Å². The van der Waals surface area contributed by atoms with Gasteiger partial charge in [-0.1, -0.05) is 11.6 Å². The normalized spacial score (nSPS) is 14.2. The molecule has 0 fully saturated rings. The maximum Gasteiger partial charge on any atom is 0.224 e. The van der Waals surface area contributed by atoms with Gasteiger partial charge in [0.25, 0.3) is 0 Å². The summed E-state index contributed by atoms with van der Waals surface area (Å²) in [4.78, 5) is 16.7. The van der Waals surface area contributed by atoms with Crippen LogP contribution in [-0.2, 0) is 17.6 Å². The quantitative estimate of drug-likeness (QED) is 0.536. The second-order valence-corrected chi connectivity index (χ2v) is 8.07. The van der Waals surface area contributed by atoms with Gasteiger partial charge in [0, 0.05) is 35.0 Å². The van der Waals surface area contributed by atoms with Crippen molar-refractivity contribution in [2.24, 2.45) is 0 Å². The van der Waals surface area contributed by atoms with Gasteiger partial charge in [0.2, 0.25) is 11.7 Å². The first-order chi connectivity index (χ1) is 16.0. The highest BCUT2D eigenvalue weighted by molar-refractivity contribution is 6.31. The third kappa shape index (κ3) is 4.98. The largest absolute Gasteiger partial charge is 0.493 e. The Labute approximate surface area is 197 Å². The van der Waals surface area contributed by atoms with Crippen molar-refractivity contribution < 1.29 is 23.7 Å². The van der Waals surface area contributed by atoms with Crippen molar-refractivity contribution in [3.05, 3.63) is 64.9 Å². The van der Waals surface area contributed by atoms with Crippen LogP contribution < -0.4 is 24.3 Å². The first-order valence-electron chi connectivity index (χ1n) is 10.5. The van der Waals surface area contributed by atoms with Crippen LogP contribution in [0.4, 0.5) is 0 Å². The molecule has 1 aromatic heterocycles. The molecular formula is C25H25ClN2O5. The lowest BCUT2D eigenvalue weighted by atomic mass is 10.0. The number of fused-ring (bicyclic) bond motifs is 1. The molecule has 0 bridgehead atoms. The van der Waals surface area contributed by atoms with E-state index in [9.17, 15) is 4.79 Å². The molecule has 1 aliphatic heterocycles. The van der Waals surface area contributed by atoms with E-state index in [1.165, 1.54) is 0 Å². The second kappa shape index (κ2) is 10.0. The molecule has 2 aromatic carbocycles. The number of pyridine rings is 1. The van der Waals surface area contributed by atoms with Crippen molar-refractivity contribution in [2.45, 2.75) is 18.9 Å². The Morgan fingerprint density at radius 2 is 1.79 bits per heavy atom. The number of carbonyl (C=O) groups is 1. The molecule has 0 saturated carbocycles. The van der Waals surface area contributed by atoms with Crippen molar-refractivity contribution in [1.82, 2.24) is 10.3 Å². The topological polar surface area (TPSA) is 78.9 Å². The molecule has 1 amide bonds. The van der Waals surface area contributed by atoms with Gasteiger partial charge in [0.1, 0.15) is 11.9 Å². The van der Waals surface area contributed by atoms with Gasteiger partial charge in [0.05, 0.1) is 34.3 Å². The molecule has 0 radical (unpaired) electrons. The fraction of sp³-hybridized carbons (Fsp3) is 0.280. The third-order valence-corrected chi connectivity index (χ3v) is 5.69. The molecule has 8 heteroatoms. The molecule has 4 rings (SSSR count). The number of ether oxygens (including phenoxy) is 4. The van der Waals surface area contributed by atoms with Crippen molar-refractivity contribution in [2.75, 3.05) is 27.9 Å². The summed E-state index contributed by atoms with van der Waals surface area (Å²) in [6.45, 7) is 0.380. The number of rotatable bonds is 8. The molecule has 3 aromatic rings. The summed E-state index contributed by atoms with van der Waals surface area (Å²) >= 11 is 6.34. The van der Waals surface area contributed by atoms with Crippen LogP contribution in [0, 0.1) is 0 Å². The van der Waals surface area contributed by atoms with E-state index in [1.54, 1.807) is 45.9 Å². The number of nitrogens with zero attached hydrogens (tertiary/aromatic N) is 1. The van der Waals surface area contributed by atoms with Gasteiger partial charge in [-0.25, -0.2) is 0 Å². The van der Waals surface area contributed by atoms with E-state index < -0.39 is 0 Å². The minimum absolute atomic E-state index is 0.129. The highest BCUT2D eigenvalue weighted by atomic mass is 35.5. The van der Waals surface area contributed by atoms with Gasteiger partial charge >= 0.3 is 0 Å². The third-order valence-electron chi connectivity index (χ3n) is 5.47. The van der Waals surface area contributed by atoms with Crippen LogP contribution in [0.5, 0.6) is 23.0 Å². The van der Waals surface area contributed by atoms with E-state index >= 15 is 0 Å². The lowest BCUT2D eigenvalue weighted by molar-refractivity contribution is -0.120. The van der Waals surface area contributed by atoms with Gasteiger partial charge in [-0.15, -0.1) is 0 Å². The molecule has 0 spiro atoms. The van der Waals surface area contributed by atoms with E-state index in [0.717, 1.165) is 28.0 Å². The zero-order valence-electron chi connectivity index (χ0n) is 18.7. The van der Waals surface area contributed by atoms with Crippen LogP contribution in [-0.4, -0.2) is 44.9 Å². The zero-order valence-corrected chi connectivity index (χ0v) is 19.4. The minimum Gasteiger partial charge on any atom is -0.493 e. The minimum atomic E-state index is -0.178. The van der Waals surface area contributed by atoms with Crippen LogP contribution in [0.25, 0.3) is 11.1 Å². The lowest BCUT2D eigenvalue weighted by Crippen LogP contribution is -2.35. The Hall–Kier alpha value is -3.45. The number of benzene rings is 2. The molecule has 0 aliphatic carbocycles. The van der Waals surface area contributed by atoms with E-state index in [-0.39, 0.29) is 18.4 Å². The lowest BCUT2D eigenvalue weighted by Gasteiger charge is -2.15. The van der Waals surface area contributed by atoms with Crippen LogP contribution in [0.15, 0.2) is 48.8 Å². The fourth-order valence-electron chi connectivity index (χ4n) is 3.97. The van der Waals surface area contributed by atoms with Crippen molar-refractivity contribution in [1.29, 1.82) is 0 Å². The molecule has 7 nitrogen and oxygen atoms in total. The van der Waals surface area contributed by atoms with Crippen LogP contribution >= 0.6 is 11.6 Å². The smallest absolute Gasteiger partial charge is 0.224 e. The highest BCUT2D eigenvalue weighted by Crippen LogP contribution is 2.41. The second-order valence-electron chi connectivity index (χ2n) is 7.64. The van der Waals surface area contributed by atoms with Gasteiger partial charge < -0.3 is 24.3 Å². The summed E-state index contributed by atoms with van der Waals surface area (Å²) in [6, 6.07) is 11.2. The number of amides is 1. The summed E-state index contributed by atoms with van der Waals surface area (Å²) in [5.41, 5.74) is 3.68. The van der Waals surface area contributed by atoms with Crippen LogP contribution in [0.3, 0.4) is 0 Å². The number of methoxy groups -OCH3 is 3. The number of hydrogen-bond acceptors (Lipinski definition) is 6. The maximum absolute atomic E-state index is 12.6. The van der Waals surface area contributed by atoms with Gasteiger partial charge in [0.15, 0.2) is 11.5 Å². The first kappa shape index (κ1) is 22.7. The standard InChI is InChI=1S/C25H25ClN2O5/c1-30-21-8-15(9-22(31-2)25(21)32-3)10-23(29)28-14-19-12-17-11-18(26)13-20(24(17)33-19)16-4-6-27-7-5-16/h4-9,11,13,19H,10,12,14H2,1-3H3,(H,28,29)/t19-/m0/s1. The summed E-state index contributed by atoms with van der Waals surface area (Å²) in [6.07, 6.45) is 4.13. The monoisotopic (exact) mass is 468 g/mol. The molecular weight excluding hydrogens is 444 g/mol. The summed E-state index contributed by atoms with van der Waals surface area (Å²) in [5, 5.41) is 3.61. The Kier molecular flexibility index (Phi) is 6.89. The Bertz CT molecular complexity index is 1130. The Morgan fingerprint density at radius 3 is 2.42 bits per heavy atom. The molecule has 1 atom stereocenters. The molecule has 0 saturated heterocycles. The Balaban J connectivity index is 1.42. The number of nitrogens with one attached hydrogen (secondary N) is 1. The average molecular weight is 469 g/mol. The summed E-state index contributed by atoms with van der Waals surface area (Å²) < 4.78 is 22.3. The molecule has 2 heterocycles. The first-order valence-corrected chi connectivity index (χ1v) is 10.8. The molecule has 0 unspecified atom stereocenters. The molecule has 1 aliphatic rings. The SMILES string of the molecule is COc1cc(CC(=O)NC[C@@H]2Cc3cc(Cl)cc(-c4ccncc4)c3O2)cc(OC)c1OC. The summed E-state index contributed by atoms with van der Waals surface area (Å²) in [5.74, 6) is 2.18. The van der Waals surface area contributed by atoms with Crippen LogP contribution in [0.1, 0.15) is 11.1 Å². The Morgan fingerprint density at radius 1 is 1.09 bits per heavy atom. The van der Waals surface area contributed by atoms with Gasteiger partial charge in [-0.05, 0) is 47.5 Å². The number of aromatic nitrogens is 1. The van der Waals surface area contributed by atoms with Crippen molar-refractivity contribution >= 4 is 17.5 Å². The molecule has 172 valence electrons. The molecule has 33 heavy (non-hydrogen) atoms. The van der Waals surface area contributed by atoms with E-state index in [1.807, 2.05) is 24.3 Å². The van der Waals surface area contributed by atoms with E-state index in [2.05, 4.69) is 10.3 Å². The van der Waals surface area contributed by atoms with Crippen molar-refractivity contribution in [3.8, 4) is 34.1 Å². The predicted molar refractivity (Wildman–Crippen MR) is 126 cm³/mol. The highest BCUT2D eigenvalue weighted by Gasteiger charge is 2.27. The van der Waals surface area contributed by atoms with Gasteiger partial charge in [-0.2, -0.15) is 0 Å². The summed E-state index contributed by atoms with van der Waals surface area (Å²) in [7, 11) is 4.63. The average Bonchev–Trinajstić information content (AvgIpc) is 3.24. The molecule has 1 N–H and O–H groups in total. The van der Waals surface area contributed by atoms with Crippen molar-refractivity contribution in [3.63, 3.8) is 0 Å². The predicted octanol–water partition coefficient (Wildman–Crippen LogP) is 4.09. The number of carbonyl (C=O) groups excluding carboxylic acids is 1. The van der Waals surface area contributed by atoms with Crippen LogP contribution in [0.2, 0.25) is 5.02 Å². The zero-order chi connectivity index (χ0) is 23.4. The van der Waals surface area contributed by atoms with E-state index in [4.69, 9.17) is 30.5 Å². The number of hydrogen-bond donors (Lipinski definition) is 1. The number of halogens is 1. The maximum atomic E-state index is 12.6. The van der Waals surface area contributed by atoms with Gasteiger partial charge in [-0.3, -0.25) is 9.78 Å². The fourth-order valence-corrected chi connectivity index (χ4v) is 4.21.